The van der Waals surface area contributed by atoms with Gasteiger partial charge in [0.05, 0.1) is 11.1 Å². The van der Waals surface area contributed by atoms with E-state index in [-0.39, 0.29) is 17.0 Å². The van der Waals surface area contributed by atoms with Crippen LogP contribution in [-0.4, -0.2) is 48.1 Å². The Morgan fingerprint density at radius 2 is 1.74 bits per heavy atom. The molecule has 0 aliphatic carbocycles. The predicted molar refractivity (Wildman–Crippen MR) is 159 cm³/mol. The molecular weight excluding hydrogens is 554 g/mol. The molecule has 1 aliphatic rings. The van der Waals surface area contributed by atoms with Crippen molar-refractivity contribution >= 4 is 35.5 Å². The number of anilines is 1. The molecule has 2 atom stereocenters. The zero-order chi connectivity index (χ0) is 31.0. The molecule has 2 aromatic rings. The largest absolute Gasteiger partial charge is 0.436 e. The van der Waals surface area contributed by atoms with Gasteiger partial charge in [0, 0.05) is 19.1 Å². The first-order valence-electron chi connectivity index (χ1n) is 13.8. The van der Waals surface area contributed by atoms with Crippen LogP contribution in [0.5, 0.6) is 0 Å². The highest BCUT2D eigenvalue weighted by molar-refractivity contribution is 8.00. The number of carbonyl (C=O) groups is 3. The van der Waals surface area contributed by atoms with Crippen molar-refractivity contribution in [3.63, 3.8) is 0 Å². The summed E-state index contributed by atoms with van der Waals surface area (Å²) in [6.45, 7) is 8.64. The lowest BCUT2D eigenvalue weighted by molar-refractivity contribution is -0.131. The smallest absolute Gasteiger partial charge is 0.405 e. The highest BCUT2D eigenvalue weighted by atomic mass is 32.2. The zero-order valence-electron chi connectivity index (χ0n) is 24.3. The maximum Gasteiger partial charge on any atom is 0.405 e. The highest BCUT2D eigenvalue weighted by Gasteiger charge is 2.32. The number of carbonyl (C=O) groups excluding carboxylic acids is 3. The first-order chi connectivity index (χ1) is 19.9. The lowest BCUT2D eigenvalue weighted by Gasteiger charge is -2.35. The second-order valence-electron chi connectivity index (χ2n) is 11.3. The number of ether oxygens (including phenoxy) is 1. The van der Waals surface area contributed by atoms with E-state index in [1.807, 2.05) is 38.7 Å². The summed E-state index contributed by atoms with van der Waals surface area (Å²) in [5.74, 6) is -0.538. The molecule has 3 rings (SSSR count). The van der Waals surface area contributed by atoms with Crippen LogP contribution in [0.4, 0.5) is 10.6 Å². The van der Waals surface area contributed by atoms with Crippen LogP contribution in [-0.2, 0) is 20.7 Å². The van der Waals surface area contributed by atoms with Crippen LogP contribution in [0.1, 0.15) is 74.5 Å². The Labute approximate surface area is 250 Å². The fourth-order valence-electron chi connectivity index (χ4n) is 4.94. The number of pyridine rings is 1. The van der Waals surface area contributed by atoms with Gasteiger partial charge in [0.15, 0.2) is 6.10 Å². The number of nitrogens with two attached hydrogens (primary N) is 2. The van der Waals surface area contributed by atoms with Gasteiger partial charge in [0.2, 0.25) is 5.91 Å². The summed E-state index contributed by atoms with van der Waals surface area (Å²) in [4.78, 5) is 43.5. The molecular formula is C30H37N7O4S. The molecule has 0 spiro atoms. The Morgan fingerprint density at radius 1 is 1.12 bits per heavy atom. The van der Waals surface area contributed by atoms with Gasteiger partial charge < -0.3 is 26.4 Å². The Kier molecular flexibility index (Phi) is 10.8. The van der Waals surface area contributed by atoms with Crippen molar-refractivity contribution in [1.29, 1.82) is 10.5 Å². The SMILES string of the molecule is CCc1c(C#N)c(SC(C(N)=O)c2ccccc2)nc(N2CCC(NC(=O)C(CC(C)(C)C)OC(N)=O)CC2)c1C#N. The maximum atomic E-state index is 13.0. The third kappa shape index (κ3) is 8.14. The van der Waals surface area contributed by atoms with Gasteiger partial charge in [0.25, 0.3) is 5.91 Å². The number of rotatable bonds is 10. The molecule has 0 bridgehead atoms. The van der Waals surface area contributed by atoms with Crippen molar-refractivity contribution in [3.05, 3.63) is 52.6 Å². The first-order valence-corrected chi connectivity index (χ1v) is 14.7. The van der Waals surface area contributed by atoms with Gasteiger partial charge in [-0.1, -0.05) is 69.8 Å². The third-order valence-electron chi connectivity index (χ3n) is 6.91. The summed E-state index contributed by atoms with van der Waals surface area (Å²) < 4.78 is 5.10. The molecule has 3 amide bonds. The van der Waals surface area contributed by atoms with Crippen LogP contribution in [0.2, 0.25) is 0 Å². The van der Waals surface area contributed by atoms with Crippen LogP contribution in [0, 0.1) is 28.1 Å². The summed E-state index contributed by atoms with van der Waals surface area (Å²) in [6.07, 6.45) is -0.166. The van der Waals surface area contributed by atoms with E-state index in [2.05, 4.69) is 17.5 Å². The van der Waals surface area contributed by atoms with Crippen LogP contribution in [0.15, 0.2) is 35.4 Å². The number of hydrogen-bond donors (Lipinski definition) is 3. The molecule has 42 heavy (non-hydrogen) atoms. The molecule has 11 nitrogen and oxygen atoms in total. The van der Waals surface area contributed by atoms with Crippen molar-refractivity contribution in [2.75, 3.05) is 18.0 Å². The van der Waals surface area contributed by atoms with Gasteiger partial charge in [-0.2, -0.15) is 10.5 Å². The van der Waals surface area contributed by atoms with Crippen molar-refractivity contribution < 1.29 is 19.1 Å². The number of aromatic nitrogens is 1. The molecule has 222 valence electrons. The molecule has 12 heteroatoms. The number of primary amides is 2. The zero-order valence-corrected chi connectivity index (χ0v) is 25.2. The second-order valence-corrected chi connectivity index (χ2v) is 12.4. The van der Waals surface area contributed by atoms with Gasteiger partial charge in [-0.05, 0) is 42.2 Å². The van der Waals surface area contributed by atoms with E-state index >= 15 is 0 Å². The van der Waals surface area contributed by atoms with E-state index in [1.165, 1.54) is 0 Å². The number of amides is 3. The Morgan fingerprint density at radius 3 is 2.24 bits per heavy atom. The van der Waals surface area contributed by atoms with Gasteiger partial charge in [-0.15, -0.1) is 0 Å². The van der Waals surface area contributed by atoms with E-state index < -0.39 is 29.3 Å². The van der Waals surface area contributed by atoms with Gasteiger partial charge in [0.1, 0.15) is 28.2 Å². The minimum absolute atomic E-state index is 0.187. The topological polar surface area (TPSA) is 188 Å². The molecule has 0 saturated carbocycles. The fourth-order valence-corrected chi connectivity index (χ4v) is 6.00. The van der Waals surface area contributed by atoms with Gasteiger partial charge in [-0.3, -0.25) is 9.59 Å². The Hall–Kier alpha value is -4.29. The van der Waals surface area contributed by atoms with E-state index in [9.17, 15) is 24.9 Å². The number of nitrogens with zero attached hydrogens (tertiary/aromatic N) is 4. The molecule has 2 unspecified atom stereocenters. The van der Waals surface area contributed by atoms with Gasteiger partial charge >= 0.3 is 6.09 Å². The van der Waals surface area contributed by atoms with Crippen LogP contribution < -0.4 is 21.7 Å². The highest BCUT2D eigenvalue weighted by Crippen LogP contribution is 2.40. The molecule has 0 radical (unpaired) electrons. The fraction of sp³-hybridized carbons (Fsp3) is 0.467. The maximum absolute atomic E-state index is 13.0. The summed E-state index contributed by atoms with van der Waals surface area (Å²) in [6, 6.07) is 13.3. The molecule has 1 saturated heterocycles. The predicted octanol–water partition coefficient (Wildman–Crippen LogP) is 3.69. The molecule has 2 heterocycles. The number of nitriles is 2. The van der Waals surface area contributed by atoms with Crippen LogP contribution in [0.25, 0.3) is 0 Å². The molecule has 1 fully saturated rings. The summed E-state index contributed by atoms with van der Waals surface area (Å²) >= 11 is 1.10. The number of benzene rings is 1. The lowest BCUT2D eigenvalue weighted by atomic mass is 9.88. The van der Waals surface area contributed by atoms with Crippen molar-refractivity contribution in [2.24, 2.45) is 16.9 Å². The second kappa shape index (κ2) is 14.1. The average molecular weight is 592 g/mol. The monoisotopic (exact) mass is 591 g/mol. The number of piperidine rings is 1. The Bertz CT molecular complexity index is 1390. The number of hydrogen-bond acceptors (Lipinski definition) is 9. The minimum Gasteiger partial charge on any atom is -0.436 e. The van der Waals surface area contributed by atoms with Crippen molar-refractivity contribution in [2.45, 2.75) is 75.8 Å². The van der Waals surface area contributed by atoms with E-state index in [4.69, 9.17) is 21.2 Å². The van der Waals surface area contributed by atoms with Crippen molar-refractivity contribution in [1.82, 2.24) is 10.3 Å². The summed E-state index contributed by atoms with van der Waals surface area (Å²) in [5, 5.41) is 22.7. The van der Waals surface area contributed by atoms with Gasteiger partial charge in [-0.25, -0.2) is 9.78 Å². The molecule has 1 aromatic heterocycles. The van der Waals surface area contributed by atoms with E-state index in [0.29, 0.717) is 66.3 Å². The average Bonchev–Trinajstić information content (AvgIpc) is 2.94. The van der Waals surface area contributed by atoms with E-state index in [1.54, 1.807) is 24.3 Å². The molecule has 5 N–H and O–H groups in total. The van der Waals surface area contributed by atoms with Crippen molar-refractivity contribution in [3.8, 4) is 12.1 Å². The number of thioether (sulfide) groups is 1. The summed E-state index contributed by atoms with van der Waals surface area (Å²) in [7, 11) is 0. The lowest BCUT2D eigenvalue weighted by Crippen LogP contribution is -2.49. The van der Waals surface area contributed by atoms with Crippen LogP contribution >= 0.6 is 11.8 Å². The molecule has 1 aromatic carbocycles. The first kappa shape index (κ1) is 32.2. The summed E-state index contributed by atoms with van der Waals surface area (Å²) in [5.41, 5.74) is 12.5. The Balaban J connectivity index is 1.86. The van der Waals surface area contributed by atoms with E-state index in [0.717, 1.165) is 11.8 Å². The minimum atomic E-state index is -1.00. The van der Waals surface area contributed by atoms with Crippen LogP contribution in [0.3, 0.4) is 0 Å². The standard InChI is InChI=1S/C30H37N7O4S/c1-5-20-21(16-31)26(36-28(22(20)17-32)42-24(25(33)38)18-9-7-6-8-10-18)37-13-11-19(12-14-37)35-27(39)23(41-29(34)40)15-30(2,3)4/h6-10,19,23-24H,5,11-15H2,1-4H3,(H2,33,38)(H2,34,40)(H,35,39). The molecule has 1 aliphatic heterocycles. The third-order valence-corrected chi connectivity index (χ3v) is 8.16. The number of nitrogens with one attached hydrogen (secondary N) is 1. The quantitative estimate of drug-likeness (QED) is 0.346. The normalized spacial score (nSPS) is 15.1.